The topological polar surface area (TPSA) is 64.9 Å². The van der Waals surface area contributed by atoms with E-state index in [2.05, 4.69) is 26.1 Å². The fraction of sp³-hybridized carbons (Fsp3) is 0.200. The quantitative estimate of drug-likeness (QED) is 0.938. The molecular weight excluding hydrogens is 277 g/mol. The first-order chi connectivity index (χ1) is 7.72. The van der Waals surface area contributed by atoms with Crippen LogP contribution in [-0.4, -0.2) is 16.7 Å². The average molecular weight is 286 g/mol. The van der Waals surface area contributed by atoms with Crippen LogP contribution in [-0.2, 0) is 6.42 Å². The van der Waals surface area contributed by atoms with E-state index < -0.39 is 5.82 Å². The van der Waals surface area contributed by atoms with Crippen LogP contribution in [0.2, 0.25) is 0 Å². The number of nitrogens with zero attached hydrogens (tertiary/aromatic N) is 2. The second-order valence-electron chi connectivity index (χ2n) is 3.14. The molecule has 0 fully saturated rings. The van der Waals surface area contributed by atoms with Crippen LogP contribution in [0.1, 0.15) is 5.89 Å². The van der Waals surface area contributed by atoms with Crippen molar-refractivity contribution in [1.29, 1.82) is 0 Å². The van der Waals surface area contributed by atoms with Crippen molar-refractivity contribution in [2.75, 3.05) is 6.54 Å². The summed E-state index contributed by atoms with van der Waals surface area (Å²) < 4.78 is 19.3. The zero-order chi connectivity index (χ0) is 11.5. The summed E-state index contributed by atoms with van der Waals surface area (Å²) in [7, 11) is 0. The van der Waals surface area contributed by atoms with Gasteiger partial charge in [-0.15, -0.1) is 10.2 Å². The molecule has 16 heavy (non-hydrogen) atoms. The maximum absolute atomic E-state index is 13.7. The Morgan fingerprint density at radius 2 is 2.19 bits per heavy atom. The Balaban J connectivity index is 2.39. The lowest BCUT2D eigenvalue weighted by Gasteiger charge is -1.98. The monoisotopic (exact) mass is 285 g/mol. The van der Waals surface area contributed by atoms with E-state index in [0.717, 1.165) is 0 Å². The third-order valence-corrected chi connectivity index (χ3v) is 2.62. The van der Waals surface area contributed by atoms with Gasteiger partial charge < -0.3 is 10.2 Å². The summed E-state index contributed by atoms with van der Waals surface area (Å²) in [6, 6.07) is 4.89. The molecule has 0 aliphatic rings. The molecule has 2 rings (SSSR count). The molecule has 84 valence electrons. The molecule has 0 amide bonds. The molecule has 0 atom stereocenters. The molecular formula is C10H9BrFN3O. The summed E-state index contributed by atoms with van der Waals surface area (Å²) in [6.07, 6.45) is 0.489. The van der Waals surface area contributed by atoms with E-state index in [1.54, 1.807) is 18.2 Å². The molecule has 0 radical (unpaired) electrons. The van der Waals surface area contributed by atoms with Crippen LogP contribution in [0.15, 0.2) is 27.1 Å². The number of nitrogens with two attached hydrogens (primary N) is 1. The predicted octanol–water partition coefficient (Wildman–Crippen LogP) is 2.14. The van der Waals surface area contributed by atoms with Gasteiger partial charge in [-0.05, 0) is 28.1 Å². The van der Waals surface area contributed by atoms with Gasteiger partial charge in [-0.1, -0.05) is 6.07 Å². The van der Waals surface area contributed by atoms with Crippen LogP contribution < -0.4 is 5.73 Å². The molecule has 2 N–H and O–H groups in total. The van der Waals surface area contributed by atoms with Crippen molar-refractivity contribution in [2.24, 2.45) is 5.73 Å². The molecule has 1 aromatic carbocycles. The Labute approximate surface area is 99.8 Å². The maximum atomic E-state index is 13.7. The van der Waals surface area contributed by atoms with Crippen LogP contribution >= 0.6 is 15.9 Å². The molecule has 4 nitrogen and oxygen atoms in total. The minimum atomic E-state index is -0.412. The molecule has 0 aliphatic heterocycles. The molecule has 0 saturated heterocycles. The van der Waals surface area contributed by atoms with Crippen molar-refractivity contribution in [3.8, 4) is 11.5 Å². The first-order valence-corrected chi connectivity index (χ1v) is 5.48. The summed E-state index contributed by atoms with van der Waals surface area (Å²) >= 11 is 3.10. The smallest absolute Gasteiger partial charge is 0.250 e. The lowest BCUT2D eigenvalue weighted by Crippen LogP contribution is -2.02. The molecule has 0 unspecified atom stereocenters. The third-order valence-electron chi connectivity index (χ3n) is 2.01. The number of rotatable bonds is 3. The lowest BCUT2D eigenvalue weighted by atomic mass is 10.2. The average Bonchev–Trinajstić information content (AvgIpc) is 2.71. The summed E-state index contributed by atoms with van der Waals surface area (Å²) in [4.78, 5) is 0. The second kappa shape index (κ2) is 4.71. The van der Waals surface area contributed by atoms with Crippen LogP contribution in [0.5, 0.6) is 0 Å². The zero-order valence-electron chi connectivity index (χ0n) is 8.28. The summed E-state index contributed by atoms with van der Waals surface area (Å²) in [6.45, 7) is 0.419. The van der Waals surface area contributed by atoms with Crippen LogP contribution in [0.25, 0.3) is 11.5 Å². The van der Waals surface area contributed by atoms with E-state index in [1.165, 1.54) is 0 Å². The van der Waals surface area contributed by atoms with E-state index in [9.17, 15) is 4.39 Å². The van der Waals surface area contributed by atoms with Gasteiger partial charge in [0.05, 0.1) is 10.0 Å². The highest BCUT2D eigenvalue weighted by molar-refractivity contribution is 9.10. The number of aromatic nitrogens is 2. The van der Waals surface area contributed by atoms with Crippen LogP contribution in [0.3, 0.4) is 0 Å². The Bertz CT molecular complexity index is 501. The van der Waals surface area contributed by atoms with Crippen molar-refractivity contribution in [3.05, 3.63) is 34.4 Å². The Kier molecular flexibility index (Phi) is 3.31. The maximum Gasteiger partial charge on any atom is 0.250 e. The SMILES string of the molecule is NCCc1nnc(-c2cccc(Br)c2F)o1. The Morgan fingerprint density at radius 3 is 2.94 bits per heavy atom. The highest BCUT2D eigenvalue weighted by Crippen LogP contribution is 2.26. The number of hydrogen-bond donors (Lipinski definition) is 1. The second-order valence-corrected chi connectivity index (χ2v) is 4.00. The van der Waals surface area contributed by atoms with E-state index in [0.29, 0.717) is 23.3 Å². The normalized spacial score (nSPS) is 10.7. The van der Waals surface area contributed by atoms with E-state index in [1.807, 2.05) is 0 Å². The van der Waals surface area contributed by atoms with Crippen molar-refractivity contribution < 1.29 is 8.81 Å². The van der Waals surface area contributed by atoms with Crippen molar-refractivity contribution in [3.63, 3.8) is 0 Å². The first kappa shape index (κ1) is 11.2. The van der Waals surface area contributed by atoms with Gasteiger partial charge in [-0.25, -0.2) is 4.39 Å². The highest BCUT2D eigenvalue weighted by Gasteiger charge is 2.14. The minimum Gasteiger partial charge on any atom is -0.421 e. The van der Waals surface area contributed by atoms with Crippen molar-refractivity contribution in [2.45, 2.75) is 6.42 Å². The zero-order valence-corrected chi connectivity index (χ0v) is 9.87. The summed E-state index contributed by atoms with van der Waals surface area (Å²) in [5.41, 5.74) is 5.64. The molecule has 0 spiro atoms. The van der Waals surface area contributed by atoms with Crippen molar-refractivity contribution in [1.82, 2.24) is 10.2 Å². The molecule has 0 bridgehead atoms. The molecule has 6 heteroatoms. The van der Waals surface area contributed by atoms with Crippen LogP contribution in [0.4, 0.5) is 4.39 Å². The molecule has 1 aromatic heterocycles. The van der Waals surface area contributed by atoms with E-state index in [4.69, 9.17) is 10.2 Å². The summed E-state index contributed by atoms with van der Waals surface area (Å²) in [5, 5.41) is 7.55. The molecule has 0 aliphatic carbocycles. The van der Waals surface area contributed by atoms with Gasteiger partial charge in [0.2, 0.25) is 5.89 Å². The molecule has 0 saturated carbocycles. The minimum absolute atomic E-state index is 0.169. The van der Waals surface area contributed by atoms with Gasteiger partial charge in [0, 0.05) is 13.0 Å². The fourth-order valence-corrected chi connectivity index (χ4v) is 1.62. The summed E-state index contributed by atoms with van der Waals surface area (Å²) in [5.74, 6) is 0.171. The fourth-order valence-electron chi connectivity index (χ4n) is 1.26. The highest BCUT2D eigenvalue weighted by atomic mass is 79.9. The van der Waals surface area contributed by atoms with E-state index >= 15 is 0 Å². The number of benzene rings is 1. The Morgan fingerprint density at radius 1 is 1.38 bits per heavy atom. The molecule has 2 aromatic rings. The van der Waals surface area contributed by atoms with Gasteiger partial charge in [0.15, 0.2) is 0 Å². The number of hydrogen-bond acceptors (Lipinski definition) is 4. The van der Waals surface area contributed by atoms with Crippen LogP contribution in [0, 0.1) is 5.82 Å². The third kappa shape index (κ3) is 2.12. The Hall–Kier alpha value is -1.27. The van der Waals surface area contributed by atoms with Gasteiger partial charge in [0.25, 0.3) is 5.89 Å². The molecule has 1 heterocycles. The first-order valence-electron chi connectivity index (χ1n) is 4.69. The van der Waals surface area contributed by atoms with E-state index in [-0.39, 0.29) is 11.5 Å². The largest absolute Gasteiger partial charge is 0.421 e. The van der Waals surface area contributed by atoms with Crippen molar-refractivity contribution >= 4 is 15.9 Å². The van der Waals surface area contributed by atoms with Gasteiger partial charge in [-0.3, -0.25) is 0 Å². The van der Waals surface area contributed by atoms with Gasteiger partial charge >= 0.3 is 0 Å². The lowest BCUT2D eigenvalue weighted by molar-refractivity contribution is 0.502. The predicted molar refractivity (Wildman–Crippen MR) is 60.2 cm³/mol. The van der Waals surface area contributed by atoms with Gasteiger partial charge in [-0.2, -0.15) is 0 Å². The number of halogens is 2. The standard InChI is InChI=1S/C10H9BrFN3O/c11-7-3-1-2-6(9(7)12)10-15-14-8(16-10)4-5-13/h1-3H,4-5,13H2. The van der Waals surface area contributed by atoms with Gasteiger partial charge in [0.1, 0.15) is 5.82 Å².